The smallest absolute Gasteiger partial charge is 0.337 e. The first kappa shape index (κ1) is 110. The second-order valence-corrected chi connectivity index (χ2v) is 28.0. The fourth-order valence-corrected chi connectivity index (χ4v) is 9.19. The van der Waals surface area contributed by atoms with E-state index in [9.17, 15) is 79.7 Å². The van der Waals surface area contributed by atoms with Crippen LogP contribution in [0.25, 0.3) is 0 Å². The van der Waals surface area contributed by atoms with Crippen LogP contribution in [0.4, 0.5) is 26.3 Å². The SMILES string of the molecule is C#Cc1ccc(C(=O)OC)cc1.COC(=O)[C@@H](C)[C@](C)(O)C(F)F.COC(=O)[C@@H](NC(=O)c1ccc(C#CC#CC2CC2)cc1)[C@](C)(O)C(F)F.COC(=O)c1ccc(C#CBr)cc1.COC(=O)c1ccc(C#CC#CC2CC2)cc1.C[C@@](O)(C(F)F)[C@H](NC(=O)c1ccc(C#CC#CC2CC2)cc1)C(=O)CO.Cl.NO.O=C(O)c1ccc(C#CC#CC2CC2)cc1. The molecule has 0 aliphatic heterocycles. The maximum Gasteiger partial charge on any atom is 0.337 e. The number of aliphatic hydroxyl groups is 4. The van der Waals surface area contributed by atoms with Gasteiger partial charge in [0.05, 0.1) is 63.7 Å². The highest BCUT2D eigenvalue weighted by atomic mass is 79.9. The molecule has 10 rings (SSSR count). The molecule has 127 heavy (non-hydrogen) atoms. The number of aromatic carboxylic acids is 1. The molecule has 10 N–H and O–H groups in total. The van der Waals surface area contributed by atoms with E-state index >= 15 is 0 Å². The molecule has 0 bridgehead atoms. The molecule has 666 valence electrons. The lowest BCUT2D eigenvalue weighted by Crippen LogP contribution is -2.59. The molecule has 4 saturated carbocycles. The summed E-state index contributed by atoms with van der Waals surface area (Å²) in [6, 6.07) is 35.0. The fraction of sp³-hybridized carbons (Fsp3) is 0.323. The van der Waals surface area contributed by atoms with Crippen molar-refractivity contribution < 1.29 is 124 Å². The lowest BCUT2D eigenvalue weighted by molar-refractivity contribution is -0.167. The number of benzene rings is 6. The quantitative estimate of drug-likeness (QED) is 0.0127. The number of amides is 2. The number of ketones is 1. The highest BCUT2D eigenvalue weighted by molar-refractivity contribution is 9.12. The number of carbonyl (C=O) groups is 9. The number of ether oxygens (including phenoxy) is 5. The van der Waals surface area contributed by atoms with Crippen LogP contribution in [-0.4, -0.2) is 174 Å². The van der Waals surface area contributed by atoms with Crippen molar-refractivity contribution in [3.63, 3.8) is 0 Å². The lowest BCUT2D eigenvalue weighted by atomic mass is 9.91. The van der Waals surface area contributed by atoms with Gasteiger partial charge in [-0.05, 0) is 277 Å². The Kier molecular flexibility index (Phi) is 49.2. The normalized spacial score (nSPS) is 13.7. The number of terminal acetylenes is 1. The highest BCUT2D eigenvalue weighted by Gasteiger charge is 2.48. The minimum absolute atomic E-state index is 0. The molecule has 6 aromatic rings. The Morgan fingerprint density at radius 2 is 0.661 bits per heavy atom. The van der Waals surface area contributed by atoms with Crippen molar-refractivity contribution in [1.29, 1.82) is 0 Å². The Morgan fingerprint density at radius 3 is 0.898 bits per heavy atom. The number of carboxylic acid groups (broad SMARTS) is 1. The summed E-state index contributed by atoms with van der Waals surface area (Å²) < 4.78 is 98.6. The third-order valence-electron chi connectivity index (χ3n) is 17.6. The molecule has 0 unspecified atom stereocenters. The van der Waals surface area contributed by atoms with Crippen molar-refractivity contribution in [3.8, 4) is 118 Å². The van der Waals surface area contributed by atoms with E-state index in [0.29, 0.717) is 51.5 Å². The van der Waals surface area contributed by atoms with Gasteiger partial charge in [-0.2, -0.15) is 0 Å². The standard InChI is InChI=1S/2C20H19F2NO4.C15H12O2.C14H10O2.C10H7BrO2.C10H8O2.C7H12F2O3.ClH.H3NO/c1-20(26,19(21)22)16(18(25)27-2)23-17(24)15-11-9-14(10-12-15)6-4-3-5-13-7-8-13;1-20(27,19(21)22)17(16(25)12-24)23-18(26)15-10-8-14(9-11-15)5-3-2-4-13-6-7-13;1-17-15(16)14-10-8-13(9-11-14)5-3-2-4-12-6-7-12;15-14(16)13-9-7-12(8-10-13)4-2-1-3-11-5-6-11;1-13-10(12)9-4-2-8(3-5-9)6-7-11;1-3-8-4-6-9(7-5-8)10(11)12-2;1-4(5(10)12-3)7(2,11)6(8)9;;1-2/h9-13,16,19,26H,7-8H2,1-2H3,(H,23,24);8-11,13,17,19,24,27H,6-7,12H2,1H3,(H,23,26);8-12H,6-7H2,1H3;7-11H,5-6H2,(H,15,16);2-5H,1H3;1,4-7H,2H3;4,6,11H,1-3H3;1H;2H,1H2/t16-,20+;17-,20+;;;;;4-,7+;;/m11....1../s1. The predicted molar refractivity (Wildman–Crippen MR) is 464 cm³/mol. The average molecular weight is 1840 g/mol. The number of methoxy groups -OCH3 is 5. The monoisotopic (exact) mass is 1830 g/mol. The number of Topliss-reactive ketones (excluding diaryl/α,β-unsaturated/α-hetero) is 1. The Labute approximate surface area is 747 Å². The zero-order valence-electron chi connectivity index (χ0n) is 70.1. The van der Waals surface area contributed by atoms with E-state index in [1.165, 1.54) is 78.2 Å². The van der Waals surface area contributed by atoms with Crippen molar-refractivity contribution in [2.45, 2.75) is 127 Å². The molecule has 0 spiro atoms. The number of carbonyl (C=O) groups excluding carboxylic acids is 8. The van der Waals surface area contributed by atoms with Crippen LogP contribution in [0.1, 0.15) is 175 Å². The first-order chi connectivity index (χ1) is 59.9. The molecule has 6 atom stereocenters. The van der Waals surface area contributed by atoms with E-state index in [4.69, 9.17) is 27.0 Å². The second-order valence-electron chi connectivity index (χ2n) is 27.6. The predicted octanol–water partition coefficient (Wildman–Crippen LogP) is 11.5. The number of hydrogen-bond donors (Lipinski definition) is 9. The molecule has 4 aliphatic rings. The third-order valence-corrected chi connectivity index (χ3v) is 17.8. The Morgan fingerprint density at radius 1 is 0.409 bits per heavy atom. The van der Waals surface area contributed by atoms with E-state index in [1.54, 1.807) is 121 Å². The average Bonchev–Trinajstić information content (AvgIpc) is 1.81. The maximum absolute atomic E-state index is 13.0. The van der Waals surface area contributed by atoms with Gasteiger partial charge in [0.15, 0.2) is 17.4 Å². The van der Waals surface area contributed by atoms with Gasteiger partial charge in [-0.15, -0.1) is 18.8 Å². The zero-order chi connectivity index (χ0) is 94.1. The van der Waals surface area contributed by atoms with Gasteiger partial charge in [-0.1, -0.05) is 59.2 Å². The van der Waals surface area contributed by atoms with Crippen LogP contribution in [0, 0.1) is 147 Å². The topological polar surface area (TPSA) is 371 Å². The number of alkyl halides is 6. The van der Waals surface area contributed by atoms with E-state index < -0.39 is 96.2 Å². The molecule has 4 fully saturated rings. The van der Waals surface area contributed by atoms with E-state index in [1.807, 2.05) is 0 Å². The number of nitrogens with one attached hydrogen (secondary N) is 2. The van der Waals surface area contributed by atoms with Gasteiger partial charge in [0.1, 0.15) is 23.9 Å². The van der Waals surface area contributed by atoms with E-state index in [0.717, 1.165) is 82.9 Å². The number of esters is 5. The zero-order valence-corrected chi connectivity index (χ0v) is 72.5. The first-order valence-corrected chi connectivity index (χ1v) is 38.7. The van der Waals surface area contributed by atoms with Gasteiger partial charge < -0.3 is 65.1 Å². The first-order valence-electron chi connectivity index (χ1n) is 37.9. The summed E-state index contributed by atoms with van der Waals surface area (Å²) >= 11 is 2.99. The van der Waals surface area contributed by atoms with Crippen molar-refractivity contribution in [2.24, 2.45) is 35.5 Å². The highest BCUT2D eigenvalue weighted by Crippen LogP contribution is 2.30. The van der Waals surface area contributed by atoms with Crippen LogP contribution >= 0.6 is 28.3 Å². The van der Waals surface area contributed by atoms with Crippen molar-refractivity contribution in [3.05, 3.63) is 212 Å². The third kappa shape index (κ3) is 40.8. The van der Waals surface area contributed by atoms with Gasteiger partial charge in [-0.3, -0.25) is 19.2 Å². The van der Waals surface area contributed by atoms with Gasteiger partial charge in [0.25, 0.3) is 31.1 Å². The maximum atomic E-state index is 13.0. The summed E-state index contributed by atoms with van der Waals surface area (Å²) in [5.41, 5.74) is -1.40. The molecule has 31 heteroatoms. The Balaban J connectivity index is 0.000000511. The van der Waals surface area contributed by atoms with Crippen LogP contribution in [0.2, 0.25) is 0 Å². The molecule has 2 amide bonds. The second kappa shape index (κ2) is 57.1. The van der Waals surface area contributed by atoms with Crippen molar-refractivity contribution in [2.75, 3.05) is 42.2 Å². The molecule has 23 nitrogen and oxygen atoms in total. The summed E-state index contributed by atoms with van der Waals surface area (Å²) in [7, 11) is 6.12. The minimum atomic E-state index is -3.30. The number of nitrogens with two attached hydrogens (primary N) is 1. The summed E-state index contributed by atoms with van der Waals surface area (Å²) in [5.74, 6) is 48.6. The number of carboxylic acids is 1. The molecular formula is C96H91BrClF6N3O20. The largest absolute Gasteiger partial charge is 0.478 e. The summed E-state index contributed by atoms with van der Waals surface area (Å²) in [6.07, 6.45) is 4.87. The van der Waals surface area contributed by atoms with Gasteiger partial charge in [0, 0.05) is 84.1 Å². The molecular weight excluding hydrogens is 1740 g/mol. The molecule has 0 radical (unpaired) electrons. The Hall–Kier alpha value is -13.5. The van der Waals surface area contributed by atoms with Crippen LogP contribution in [-0.2, 0) is 38.1 Å². The number of rotatable bonds is 18. The fourth-order valence-electron chi connectivity index (χ4n) is 8.96. The van der Waals surface area contributed by atoms with E-state index in [-0.39, 0.29) is 47.0 Å². The van der Waals surface area contributed by atoms with E-state index in [2.05, 4.69) is 168 Å². The lowest BCUT2D eigenvalue weighted by Gasteiger charge is -2.31. The van der Waals surface area contributed by atoms with Crippen LogP contribution in [0.3, 0.4) is 0 Å². The van der Waals surface area contributed by atoms with Crippen LogP contribution < -0.4 is 16.5 Å². The Bertz CT molecular complexity index is 5230. The summed E-state index contributed by atoms with van der Waals surface area (Å²) in [5, 5.41) is 57.1. The summed E-state index contributed by atoms with van der Waals surface area (Å²) in [4.78, 5) is 105. The molecule has 4 aliphatic carbocycles. The van der Waals surface area contributed by atoms with Crippen molar-refractivity contribution in [1.82, 2.24) is 10.6 Å². The number of hydrogen-bond acceptors (Lipinski definition) is 20. The van der Waals surface area contributed by atoms with Gasteiger partial charge in [-0.25, -0.2) is 56.2 Å². The van der Waals surface area contributed by atoms with Crippen LogP contribution in [0.5, 0.6) is 0 Å². The van der Waals surface area contributed by atoms with Gasteiger partial charge in [0.2, 0.25) is 0 Å². The summed E-state index contributed by atoms with van der Waals surface area (Å²) in [6.45, 7) is 2.47. The number of aliphatic hydroxyl groups excluding tert-OH is 1. The molecule has 0 heterocycles. The minimum Gasteiger partial charge on any atom is -0.478 e. The molecule has 6 aromatic carbocycles. The van der Waals surface area contributed by atoms with Crippen molar-refractivity contribution >= 4 is 81.8 Å². The molecule has 0 aromatic heterocycles. The number of halogens is 8. The molecule has 0 saturated heterocycles. The van der Waals surface area contributed by atoms with Crippen LogP contribution in [0.15, 0.2) is 146 Å². The van der Waals surface area contributed by atoms with Gasteiger partial charge >= 0.3 is 35.8 Å².